The minimum absolute atomic E-state index is 0.0960. The normalized spacial score (nSPS) is 15.4. The van der Waals surface area contributed by atoms with Crippen LogP contribution in [0.1, 0.15) is 13.8 Å². The molecule has 1 unspecified atom stereocenters. The molecule has 0 heterocycles. The molecule has 0 saturated carbocycles. The first-order chi connectivity index (χ1) is 5.64. The van der Waals surface area contributed by atoms with Gasteiger partial charge in [0.15, 0.2) is 0 Å². The number of allylic oxidation sites excluding steroid dienone is 1. The largest absolute Gasteiger partial charge is 0.311 e. The van der Waals surface area contributed by atoms with Crippen molar-refractivity contribution in [3.05, 3.63) is 12.2 Å². The number of rotatable bonds is 5. The van der Waals surface area contributed by atoms with E-state index < -0.39 is 0 Å². The third-order valence-electron chi connectivity index (χ3n) is 2.36. The van der Waals surface area contributed by atoms with Gasteiger partial charge < -0.3 is 16.0 Å². The average molecular weight is 171 g/mol. The molecule has 3 heteroatoms. The van der Waals surface area contributed by atoms with Crippen LogP contribution in [-0.4, -0.2) is 32.8 Å². The van der Waals surface area contributed by atoms with Gasteiger partial charge in [0.2, 0.25) is 0 Å². The van der Waals surface area contributed by atoms with E-state index in [0.717, 1.165) is 0 Å². The van der Waals surface area contributed by atoms with Crippen LogP contribution in [0.4, 0.5) is 0 Å². The molecule has 3 nitrogen and oxygen atoms in total. The molecule has 0 aliphatic rings. The Labute approximate surface area is 75.6 Å². The second-order valence-electron chi connectivity index (χ2n) is 2.99. The van der Waals surface area contributed by atoms with E-state index in [1.807, 2.05) is 34.1 Å². The zero-order valence-electron chi connectivity index (χ0n) is 8.73. The Kier molecular flexibility index (Phi) is 5.13. The quantitative estimate of drug-likeness (QED) is 0.411. The molecule has 1 atom stereocenters. The Morgan fingerprint density at radius 1 is 1.17 bits per heavy atom. The predicted molar refractivity (Wildman–Crippen MR) is 54.2 cm³/mol. The molecule has 0 bridgehead atoms. The summed E-state index contributed by atoms with van der Waals surface area (Å²) in [5, 5.41) is 9.71. The summed E-state index contributed by atoms with van der Waals surface area (Å²) in [5.41, 5.74) is -0.0960. The average Bonchev–Trinajstić information content (AvgIpc) is 2.13. The molecule has 0 rings (SSSR count). The van der Waals surface area contributed by atoms with Crippen molar-refractivity contribution in [1.29, 1.82) is 0 Å². The first-order valence-corrected chi connectivity index (χ1v) is 4.32. The van der Waals surface area contributed by atoms with Gasteiger partial charge in [-0.05, 0) is 35.0 Å². The van der Waals surface area contributed by atoms with Crippen LogP contribution in [0.3, 0.4) is 0 Å². The van der Waals surface area contributed by atoms with E-state index >= 15 is 0 Å². The molecule has 0 aliphatic heterocycles. The van der Waals surface area contributed by atoms with Crippen LogP contribution in [-0.2, 0) is 0 Å². The maximum Gasteiger partial charge on any atom is 0.0847 e. The first-order valence-electron chi connectivity index (χ1n) is 4.32. The summed E-state index contributed by atoms with van der Waals surface area (Å²) in [5.74, 6) is 0. The molecule has 0 amide bonds. The van der Waals surface area contributed by atoms with Crippen LogP contribution in [0.2, 0.25) is 0 Å². The van der Waals surface area contributed by atoms with Crippen LogP contribution in [0, 0.1) is 0 Å². The lowest BCUT2D eigenvalue weighted by atomic mass is 10.0. The molecule has 0 aliphatic carbocycles. The van der Waals surface area contributed by atoms with E-state index in [4.69, 9.17) is 0 Å². The fourth-order valence-corrected chi connectivity index (χ4v) is 1.21. The van der Waals surface area contributed by atoms with Crippen LogP contribution in [0.15, 0.2) is 12.2 Å². The van der Waals surface area contributed by atoms with Crippen molar-refractivity contribution in [2.24, 2.45) is 0 Å². The molecule has 0 spiro atoms. The van der Waals surface area contributed by atoms with E-state index in [2.05, 4.69) is 29.0 Å². The maximum absolute atomic E-state index is 3.24. The summed E-state index contributed by atoms with van der Waals surface area (Å²) in [6.07, 6.45) is 4.18. The van der Waals surface area contributed by atoms with E-state index in [9.17, 15) is 0 Å². The fraction of sp³-hybridized carbons (Fsp3) is 0.778. The lowest BCUT2D eigenvalue weighted by molar-refractivity contribution is 0.271. The van der Waals surface area contributed by atoms with Gasteiger partial charge in [0.05, 0.1) is 11.7 Å². The number of likely N-dealkylation sites (N-methyl/N-ethyl adjacent to an activating group) is 3. The Morgan fingerprint density at radius 3 is 1.92 bits per heavy atom. The maximum atomic E-state index is 3.24. The minimum Gasteiger partial charge on any atom is -0.311 e. The summed E-state index contributed by atoms with van der Waals surface area (Å²) >= 11 is 0. The molecular formula is C9H21N3. The van der Waals surface area contributed by atoms with Gasteiger partial charge in [-0.1, -0.05) is 12.2 Å². The fourth-order valence-electron chi connectivity index (χ4n) is 1.21. The molecule has 0 saturated heterocycles. The summed E-state index contributed by atoms with van der Waals surface area (Å²) in [6.45, 7) is 4.14. The SMILES string of the molecule is CC=CC(NC)C(C)(NC)NC. The summed E-state index contributed by atoms with van der Waals surface area (Å²) in [6, 6.07) is 0.289. The molecule has 0 aromatic carbocycles. The highest BCUT2D eigenvalue weighted by atomic mass is 15.2. The highest BCUT2D eigenvalue weighted by molar-refractivity contribution is 5.03. The number of hydrogen-bond donors (Lipinski definition) is 3. The topological polar surface area (TPSA) is 36.1 Å². The van der Waals surface area contributed by atoms with Crippen molar-refractivity contribution in [1.82, 2.24) is 16.0 Å². The monoisotopic (exact) mass is 171 g/mol. The number of hydrogen-bond acceptors (Lipinski definition) is 3. The first kappa shape index (κ1) is 11.6. The smallest absolute Gasteiger partial charge is 0.0847 e. The Bertz CT molecular complexity index is 139. The van der Waals surface area contributed by atoms with Gasteiger partial charge in [-0.25, -0.2) is 0 Å². The van der Waals surface area contributed by atoms with Crippen LogP contribution in [0.5, 0.6) is 0 Å². The van der Waals surface area contributed by atoms with Crippen LogP contribution < -0.4 is 16.0 Å². The Morgan fingerprint density at radius 2 is 1.67 bits per heavy atom. The van der Waals surface area contributed by atoms with Gasteiger partial charge in [-0.3, -0.25) is 0 Å². The van der Waals surface area contributed by atoms with E-state index in [0.29, 0.717) is 0 Å². The van der Waals surface area contributed by atoms with Gasteiger partial charge in [0.25, 0.3) is 0 Å². The van der Waals surface area contributed by atoms with Gasteiger partial charge in [0, 0.05) is 0 Å². The standard InChI is InChI=1S/C9H21N3/c1-6-7-8(10-3)9(2,11-4)12-5/h6-8,10-12H,1-5H3. The van der Waals surface area contributed by atoms with Crippen molar-refractivity contribution in [3.63, 3.8) is 0 Å². The van der Waals surface area contributed by atoms with Crippen molar-refractivity contribution < 1.29 is 0 Å². The zero-order chi connectivity index (χ0) is 9.61. The third-order valence-corrected chi connectivity index (χ3v) is 2.36. The molecular weight excluding hydrogens is 150 g/mol. The molecule has 0 aromatic rings. The van der Waals surface area contributed by atoms with Crippen molar-refractivity contribution in [3.8, 4) is 0 Å². The second kappa shape index (κ2) is 5.30. The molecule has 0 aromatic heterocycles. The van der Waals surface area contributed by atoms with Crippen molar-refractivity contribution >= 4 is 0 Å². The highest BCUT2D eigenvalue weighted by Gasteiger charge is 2.27. The molecule has 3 N–H and O–H groups in total. The number of nitrogens with one attached hydrogen (secondary N) is 3. The predicted octanol–water partition coefficient (Wildman–Crippen LogP) is 0.306. The van der Waals surface area contributed by atoms with Crippen molar-refractivity contribution in [2.45, 2.75) is 25.6 Å². The molecule has 0 radical (unpaired) electrons. The zero-order valence-corrected chi connectivity index (χ0v) is 8.73. The van der Waals surface area contributed by atoms with E-state index in [1.165, 1.54) is 0 Å². The lowest BCUT2D eigenvalue weighted by Crippen LogP contribution is -2.63. The Hall–Kier alpha value is -0.380. The van der Waals surface area contributed by atoms with Gasteiger partial charge in [-0.15, -0.1) is 0 Å². The van der Waals surface area contributed by atoms with E-state index in [1.54, 1.807) is 0 Å². The second-order valence-corrected chi connectivity index (χ2v) is 2.99. The summed E-state index contributed by atoms with van der Waals surface area (Å²) in [7, 11) is 5.85. The Balaban J connectivity index is 4.42. The van der Waals surface area contributed by atoms with Crippen LogP contribution in [0.25, 0.3) is 0 Å². The molecule has 72 valence electrons. The molecule has 12 heavy (non-hydrogen) atoms. The summed E-state index contributed by atoms with van der Waals surface area (Å²) < 4.78 is 0. The summed E-state index contributed by atoms with van der Waals surface area (Å²) in [4.78, 5) is 0. The lowest BCUT2D eigenvalue weighted by Gasteiger charge is -2.35. The minimum atomic E-state index is -0.0960. The van der Waals surface area contributed by atoms with Gasteiger partial charge >= 0.3 is 0 Å². The van der Waals surface area contributed by atoms with E-state index in [-0.39, 0.29) is 11.7 Å². The molecule has 0 fully saturated rings. The van der Waals surface area contributed by atoms with Crippen molar-refractivity contribution in [2.75, 3.05) is 21.1 Å². The van der Waals surface area contributed by atoms with Gasteiger partial charge in [-0.2, -0.15) is 0 Å². The third kappa shape index (κ3) is 2.59. The van der Waals surface area contributed by atoms with Crippen LogP contribution >= 0.6 is 0 Å². The highest BCUT2D eigenvalue weighted by Crippen LogP contribution is 2.05. The van der Waals surface area contributed by atoms with Gasteiger partial charge in [0.1, 0.15) is 0 Å².